The number of nitrogens with two attached hydrogens (primary N) is 1. The Hall–Kier alpha value is -1.30. The Kier molecular flexibility index (Phi) is 4.06. The Bertz CT molecular complexity index is 797. The Morgan fingerprint density at radius 2 is 1.67 bits per heavy atom. The van der Waals surface area contributed by atoms with E-state index < -0.39 is 0 Å². The molecule has 3 nitrogen and oxygen atoms in total. The highest BCUT2D eigenvalue weighted by molar-refractivity contribution is 9.10. The molecule has 0 fully saturated rings. The first-order valence-electron chi connectivity index (χ1n) is 6.11. The number of nitrogens with one attached hydrogen (secondary N) is 1. The Morgan fingerprint density at radius 3 is 2.33 bits per heavy atom. The fraction of sp³-hybridized carbons (Fsp3) is 0. The molecule has 6 heteroatoms. The zero-order valence-corrected chi connectivity index (χ0v) is 14.6. The van der Waals surface area contributed by atoms with Crippen LogP contribution in [0.15, 0.2) is 51.4 Å². The lowest BCUT2D eigenvalue weighted by molar-refractivity contribution is 1.10. The number of hydrogen-bond acceptors (Lipinski definition) is 2. The smallest absolute Gasteiger partial charge is 0.153 e. The van der Waals surface area contributed by atoms with Crippen molar-refractivity contribution >= 4 is 49.3 Å². The maximum atomic E-state index is 6.17. The minimum Gasteiger partial charge on any atom is -0.382 e. The normalized spacial score (nSPS) is 10.8. The van der Waals surface area contributed by atoms with E-state index in [4.69, 9.17) is 17.3 Å². The van der Waals surface area contributed by atoms with Gasteiger partial charge in [-0.15, -0.1) is 0 Å². The number of aromatic nitrogens is 2. The van der Waals surface area contributed by atoms with Crippen molar-refractivity contribution in [2.75, 3.05) is 5.73 Å². The summed E-state index contributed by atoms with van der Waals surface area (Å²) in [6.07, 6.45) is 0. The van der Waals surface area contributed by atoms with E-state index in [1.807, 2.05) is 42.5 Å². The Balaban J connectivity index is 2.16. The van der Waals surface area contributed by atoms with Crippen molar-refractivity contribution in [1.29, 1.82) is 0 Å². The molecule has 0 aliphatic carbocycles. The molecule has 3 rings (SSSR count). The number of rotatable bonds is 2. The van der Waals surface area contributed by atoms with Gasteiger partial charge in [0, 0.05) is 14.5 Å². The van der Waals surface area contributed by atoms with Gasteiger partial charge >= 0.3 is 0 Å². The number of aromatic amines is 1. The molecule has 0 unspecified atom stereocenters. The van der Waals surface area contributed by atoms with Crippen molar-refractivity contribution < 1.29 is 0 Å². The van der Waals surface area contributed by atoms with Crippen molar-refractivity contribution in [3.8, 4) is 22.4 Å². The molecule has 106 valence electrons. The molecule has 21 heavy (non-hydrogen) atoms. The monoisotopic (exact) mass is 425 g/mol. The average Bonchev–Trinajstić information content (AvgIpc) is 2.85. The van der Waals surface area contributed by atoms with E-state index in [1.54, 1.807) is 0 Å². The third-order valence-corrected chi connectivity index (χ3v) is 4.90. The van der Waals surface area contributed by atoms with E-state index in [9.17, 15) is 0 Å². The van der Waals surface area contributed by atoms with E-state index in [-0.39, 0.29) is 0 Å². The molecule has 0 amide bonds. The molecular formula is C15H10Br2ClN3. The highest BCUT2D eigenvalue weighted by atomic mass is 79.9. The first kappa shape index (κ1) is 14.6. The van der Waals surface area contributed by atoms with Crippen LogP contribution in [0, 0.1) is 0 Å². The van der Waals surface area contributed by atoms with Crippen LogP contribution < -0.4 is 5.73 Å². The molecule has 0 aliphatic heterocycles. The van der Waals surface area contributed by atoms with Crippen LogP contribution in [-0.4, -0.2) is 10.2 Å². The first-order valence-corrected chi connectivity index (χ1v) is 8.08. The van der Waals surface area contributed by atoms with E-state index in [1.165, 1.54) is 0 Å². The van der Waals surface area contributed by atoms with E-state index in [0.717, 1.165) is 31.3 Å². The van der Waals surface area contributed by atoms with Crippen molar-refractivity contribution in [3.63, 3.8) is 0 Å². The lowest BCUT2D eigenvalue weighted by atomic mass is 10.0. The fourth-order valence-electron chi connectivity index (χ4n) is 2.13. The summed E-state index contributed by atoms with van der Waals surface area (Å²) >= 11 is 13.0. The van der Waals surface area contributed by atoms with Gasteiger partial charge < -0.3 is 5.73 Å². The molecule has 0 atom stereocenters. The zero-order valence-electron chi connectivity index (χ0n) is 10.7. The molecule has 0 aliphatic rings. The largest absolute Gasteiger partial charge is 0.382 e. The summed E-state index contributed by atoms with van der Waals surface area (Å²) < 4.78 is 1.87. The highest BCUT2D eigenvalue weighted by Crippen LogP contribution is 2.37. The summed E-state index contributed by atoms with van der Waals surface area (Å²) in [6.45, 7) is 0. The lowest BCUT2D eigenvalue weighted by Crippen LogP contribution is -1.89. The third-order valence-electron chi connectivity index (χ3n) is 3.14. The van der Waals surface area contributed by atoms with E-state index in [2.05, 4.69) is 42.1 Å². The van der Waals surface area contributed by atoms with Crippen molar-refractivity contribution in [2.45, 2.75) is 0 Å². The van der Waals surface area contributed by atoms with Crippen LogP contribution in [0.4, 0.5) is 5.82 Å². The second-order valence-corrected chi connectivity index (χ2v) is 6.67. The fourth-order valence-corrected chi connectivity index (χ4v) is 2.82. The summed E-state index contributed by atoms with van der Waals surface area (Å²) in [6, 6.07) is 13.7. The highest BCUT2D eigenvalue weighted by Gasteiger charge is 2.15. The number of halogens is 3. The van der Waals surface area contributed by atoms with Crippen molar-refractivity contribution in [1.82, 2.24) is 10.2 Å². The molecule has 2 aromatic carbocycles. The molecule has 3 N–H and O–H groups in total. The number of benzene rings is 2. The number of H-pyrrole nitrogens is 1. The summed E-state index contributed by atoms with van der Waals surface area (Å²) in [7, 11) is 0. The minimum atomic E-state index is 0.464. The Morgan fingerprint density at radius 1 is 1.00 bits per heavy atom. The molecule has 0 spiro atoms. The molecule has 0 radical (unpaired) electrons. The molecular weight excluding hydrogens is 417 g/mol. The summed E-state index contributed by atoms with van der Waals surface area (Å²) in [4.78, 5) is 0. The van der Waals surface area contributed by atoms with Crippen LogP contribution in [0.3, 0.4) is 0 Å². The van der Waals surface area contributed by atoms with Gasteiger partial charge in [-0.1, -0.05) is 45.7 Å². The maximum Gasteiger partial charge on any atom is 0.153 e. The predicted octanol–water partition coefficient (Wildman–Crippen LogP) is 5.50. The second-order valence-electron chi connectivity index (χ2n) is 4.49. The van der Waals surface area contributed by atoms with Gasteiger partial charge in [0.05, 0.1) is 16.3 Å². The van der Waals surface area contributed by atoms with Crippen LogP contribution in [-0.2, 0) is 0 Å². The summed E-state index contributed by atoms with van der Waals surface area (Å²) in [5.41, 5.74) is 9.68. The van der Waals surface area contributed by atoms with Crippen molar-refractivity contribution in [3.05, 3.63) is 56.4 Å². The van der Waals surface area contributed by atoms with Crippen molar-refractivity contribution in [2.24, 2.45) is 0 Å². The molecule has 1 aromatic heterocycles. The van der Waals surface area contributed by atoms with Gasteiger partial charge in [-0.2, -0.15) is 5.10 Å². The quantitative estimate of drug-likeness (QED) is 0.567. The molecule has 0 bridgehead atoms. The number of hydrogen-bond donors (Lipinski definition) is 2. The van der Waals surface area contributed by atoms with Gasteiger partial charge in [-0.25, -0.2) is 0 Å². The van der Waals surface area contributed by atoms with Crippen LogP contribution in [0.1, 0.15) is 0 Å². The topological polar surface area (TPSA) is 54.7 Å². The van der Waals surface area contributed by atoms with Gasteiger partial charge in [0.1, 0.15) is 0 Å². The van der Waals surface area contributed by atoms with E-state index in [0.29, 0.717) is 10.8 Å². The van der Waals surface area contributed by atoms with Gasteiger partial charge in [-0.3, -0.25) is 5.10 Å². The lowest BCUT2D eigenvalue weighted by Gasteiger charge is -2.06. The number of nitrogen functional groups attached to an aromatic ring is 1. The predicted molar refractivity (Wildman–Crippen MR) is 94.3 cm³/mol. The minimum absolute atomic E-state index is 0.464. The van der Waals surface area contributed by atoms with Crippen LogP contribution in [0.25, 0.3) is 22.4 Å². The van der Waals surface area contributed by atoms with Gasteiger partial charge in [0.25, 0.3) is 0 Å². The molecule has 3 aromatic rings. The number of anilines is 1. The number of nitrogens with zero attached hydrogens (tertiary/aromatic N) is 1. The zero-order chi connectivity index (χ0) is 15.0. The van der Waals surface area contributed by atoms with Gasteiger partial charge in [0.2, 0.25) is 0 Å². The molecule has 0 saturated heterocycles. The summed E-state index contributed by atoms with van der Waals surface area (Å²) in [5.74, 6) is 0.464. The van der Waals surface area contributed by atoms with Gasteiger partial charge in [-0.05, 0) is 45.8 Å². The maximum absolute atomic E-state index is 6.17. The first-order chi connectivity index (χ1) is 10.1. The van der Waals surface area contributed by atoms with Gasteiger partial charge in [0.15, 0.2) is 5.82 Å². The van der Waals surface area contributed by atoms with E-state index >= 15 is 0 Å². The average molecular weight is 428 g/mol. The third kappa shape index (κ3) is 2.86. The van der Waals surface area contributed by atoms with Crippen LogP contribution in [0.2, 0.25) is 5.02 Å². The molecule has 0 saturated carbocycles. The molecule has 1 heterocycles. The SMILES string of the molecule is Nc1n[nH]c(-c2ccc(Br)c(Cl)c2)c1-c1ccc(Br)cc1. The second kappa shape index (κ2) is 5.83. The van der Waals surface area contributed by atoms with Crippen LogP contribution in [0.5, 0.6) is 0 Å². The Labute approximate surface area is 143 Å². The summed E-state index contributed by atoms with van der Waals surface area (Å²) in [5, 5.41) is 7.76. The standard InChI is InChI=1S/C15H10Br2ClN3/c16-10-4-1-8(2-5-10)13-14(20-21-15(13)19)9-3-6-11(17)12(18)7-9/h1-7H,(H3,19,20,21). The van der Waals surface area contributed by atoms with Crippen LogP contribution >= 0.6 is 43.5 Å².